The Morgan fingerprint density at radius 3 is 2.36 bits per heavy atom. The van der Waals surface area contributed by atoms with E-state index < -0.39 is 0 Å². The summed E-state index contributed by atoms with van der Waals surface area (Å²) in [6.07, 6.45) is 0. The van der Waals surface area contributed by atoms with E-state index in [0.29, 0.717) is 29.1 Å². The van der Waals surface area contributed by atoms with Gasteiger partial charge in [0.15, 0.2) is 5.82 Å². The van der Waals surface area contributed by atoms with E-state index in [2.05, 4.69) is 10.2 Å². The number of thioether (sulfide) groups is 1. The monoisotopic (exact) mass is 402 g/mol. The molecule has 0 aliphatic heterocycles. The van der Waals surface area contributed by atoms with Crippen LogP contribution < -0.4 is 24.8 Å². The van der Waals surface area contributed by atoms with Gasteiger partial charge in [0.2, 0.25) is 5.16 Å². The van der Waals surface area contributed by atoms with Gasteiger partial charge in [-0.25, -0.2) is 4.68 Å². The van der Waals surface area contributed by atoms with Crippen LogP contribution in [0.2, 0.25) is 0 Å². The number of hydrogen-bond acceptors (Lipinski definition) is 8. The number of methoxy groups -OCH3 is 2. The van der Waals surface area contributed by atoms with Gasteiger partial charge in [-0.05, 0) is 36.4 Å². The number of aromatic nitrogens is 3. The van der Waals surface area contributed by atoms with Crippen molar-refractivity contribution < 1.29 is 18.9 Å². The van der Waals surface area contributed by atoms with Crippen molar-refractivity contribution in [2.24, 2.45) is 0 Å². The zero-order valence-electron chi connectivity index (χ0n) is 15.7. The maximum absolute atomic E-state index is 6.06. The Balaban J connectivity index is 1.45. The zero-order chi connectivity index (χ0) is 19.8. The molecule has 9 heteroatoms. The predicted molar refractivity (Wildman–Crippen MR) is 107 cm³/mol. The minimum Gasteiger partial charge on any atom is -0.497 e. The van der Waals surface area contributed by atoms with Crippen molar-refractivity contribution in [1.29, 1.82) is 0 Å². The van der Waals surface area contributed by atoms with Crippen LogP contribution in [0, 0.1) is 0 Å². The number of ether oxygens (including phenoxy) is 4. The molecule has 148 valence electrons. The van der Waals surface area contributed by atoms with Crippen LogP contribution in [0.3, 0.4) is 0 Å². The van der Waals surface area contributed by atoms with Gasteiger partial charge >= 0.3 is 0 Å². The maximum atomic E-state index is 6.06. The molecule has 1 heterocycles. The molecule has 0 unspecified atom stereocenters. The summed E-state index contributed by atoms with van der Waals surface area (Å²) < 4.78 is 23.1. The molecule has 2 aromatic carbocycles. The number of rotatable bonds is 10. The molecule has 0 amide bonds. The van der Waals surface area contributed by atoms with Crippen LogP contribution in [0.15, 0.2) is 53.7 Å². The van der Waals surface area contributed by atoms with Gasteiger partial charge in [0, 0.05) is 11.8 Å². The summed E-state index contributed by atoms with van der Waals surface area (Å²) in [6.45, 7) is 0.721. The molecule has 0 saturated heterocycles. The van der Waals surface area contributed by atoms with E-state index in [-0.39, 0.29) is 6.61 Å². The van der Waals surface area contributed by atoms with E-state index in [0.717, 1.165) is 17.2 Å². The molecule has 0 aliphatic carbocycles. The van der Waals surface area contributed by atoms with Gasteiger partial charge in [-0.3, -0.25) is 0 Å². The third kappa shape index (κ3) is 5.23. The highest BCUT2D eigenvalue weighted by molar-refractivity contribution is 7.99. The fourth-order valence-corrected chi connectivity index (χ4v) is 3.00. The molecule has 2 N–H and O–H groups in total. The second-order valence-corrected chi connectivity index (χ2v) is 6.67. The Labute approximate surface area is 167 Å². The van der Waals surface area contributed by atoms with Gasteiger partial charge in [0.05, 0.1) is 20.8 Å². The molecule has 1 aromatic heterocycles. The van der Waals surface area contributed by atoms with Crippen LogP contribution in [0.25, 0.3) is 0 Å². The highest BCUT2D eigenvalue weighted by Crippen LogP contribution is 2.21. The quantitative estimate of drug-likeness (QED) is 0.314. The number of benzene rings is 2. The van der Waals surface area contributed by atoms with Crippen molar-refractivity contribution in [2.75, 3.05) is 32.4 Å². The van der Waals surface area contributed by atoms with Crippen LogP contribution in [-0.4, -0.2) is 41.5 Å². The molecule has 0 aliphatic rings. The molecule has 0 atom stereocenters. The molecule has 0 radical (unpaired) electrons. The third-order valence-corrected chi connectivity index (χ3v) is 4.69. The first-order valence-corrected chi connectivity index (χ1v) is 9.54. The lowest BCUT2D eigenvalue weighted by atomic mass is 10.3. The van der Waals surface area contributed by atoms with Gasteiger partial charge < -0.3 is 24.8 Å². The minimum absolute atomic E-state index is 0.208. The Morgan fingerprint density at radius 1 is 0.893 bits per heavy atom. The lowest BCUT2D eigenvalue weighted by molar-refractivity contribution is 0.289. The SMILES string of the molecule is COc1ccc(OCCSc2nnc(COc3cccc(OC)c3)n2N)cc1. The Hall–Kier alpha value is -3.07. The van der Waals surface area contributed by atoms with E-state index in [9.17, 15) is 0 Å². The van der Waals surface area contributed by atoms with E-state index in [1.807, 2.05) is 42.5 Å². The van der Waals surface area contributed by atoms with Crippen LogP contribution in [0.4, 0.5) is 0 Å². The molecule has 3 rings (SSSR count). The average molecular weight is 402 g/mol. The van der Waals surface area contributed by atoms with Gasteiger partial charge in [-0.15, -0.1) is 10.2 Å². The summed E-state index contributed by atoms with van der Waals surface area (Å²) in [4.78, 5) is 0. The summed E-state index contributed by atoms with van der Waals surface area (Å²) in [5.41, 5.74) is 0. The van der Waals surface area contributed by atoms with E-state index in [1.54, 1.807) is 20.3 Å². The van der Waals surface area contributed by atoms with Gasteiger partial charge in [0.1, 0.15) is 29.6 Å². The van der Waals surface area contributed by atoms with E-state index in [1.165, 1.54) is 16.4 Å². The molecule has 0 spiro atoms. The van der Waals surface area contributed by atoms with E-state index >= 15 is 0 Å². The molecular weight excluding hydrogens is 380 g/mol. The summed E-state index contributed by atoms with van der Waals surface area (Å²) >= 11 is 1.46. The van der Waals surface area contributed by atoms with Crippen molar-refractivity contribution in [3.8, 4) is 23.0 Å². The Bertz CT molecular complexity index is 886. The van der Waals surface area contributed by atoms with Gasteiger partial charge in [-0.2, -0.15) is 0 Å². The Kier molecular flexibility index (Phi) is 6.85. The first kappa shape index (κ1) is 19.7. The Morgan fingerprint density at radius 2 is 1.61 bits per heavy atom. The summed E-state index contributed by atoms with van der Waals surface area (Å²) in [6, 6.07) is 14.8. The van der Waals surface area contributed by atoms with Gasteiger partial charge in [-0.1, -0.05) is 17.8 Å². The zero-order valence-corrected chi connectivity index (χ0v) is 16.5. The number of hydrogen-bond donors (Lipinski definition) is 1. The van der Waals surface area contributed by atoms with Crippen LogP contribution in [0.5, 0.6) is 23.0 Å². The number of nitrogens with two attached hydrogens (primary N) is 1. The fourth-order valence-electron chi connectivity index (χ4n) is 2.31. The van der Waals surface area contributed by atoms with Crippen molar-refractivity contribution in [3.05, 3.63) is 54.4 Å². The second-order valence-electron chi connectivity index (χ2n) is 5.61. The predicted octanol–water partition coefficient (Wildman–Crippen LogP) is 2.76. The van der Waals surface area contributed by atoms with Crippen molar-refractivity contribution in [3.63, 3.8) is 0 Å². The molecule has 3 aromatic rings. The van der Waals surface area contributed by atoms with Crippen LogP contribution in [-0.2, 0) is 6.61 Å². The molecule has 0 fully saturated rings. The molecular formula is C19H22N4O4S. The topological polar surface area (TPSA) is 93.6 Å². The molecule has 8 nitrogen and oxygen atoms in total. The fraction of sp³-hybridized carbons (Fsp3) is 0.263. The second kappa shape index (κ2) is 9.75. The smallest absolute Gasteiger partial charge is 0.210 e. The molecule has 0 saturated carbocycles. The van der Waals surface area contributed by atoms with Crippen molar-refractivity contribution in [1.82, 2.24) is 14.9 Å². The lowest BCUT2D eigenvalue weighted by Gasteiger charge is -2.08. The molecule has 28 heavy (non-hydrogen) atoms. The first-order chi connectivity index (χ1) is 13.7. The number of nitrogens with zero attached hydrogens (tertiary/aromatic N) is 3. The van der Waals surface area contributed by atoms with Crippen molar-refractivity contribution in [2.45, 2.75) is 11.8 Å². The first-order valence-electron chi connectivity index (χ1n) is 8.55. The summed E-state index contributed by atoms with van der Waals surface area (Å²) in [7, 11) is 3.24. The van der Waals surface area contributed by atoms with Crippen LogP contribution in [0.1, 0.15) is 5.82 Å². The normalized spacial score (nSPS) is 10.5. The largest absolute Gasteiger partial charge is 0.497 e. The van der Waals surface area contributed by atoms with Crippen molar-refractivity contribution >= 4 is 11.8 Å². The maximum Gasteiger partial charge on any atom is 0.210 e. The summed E-state index contributed by atoms with van der Waals surface area (Å²) in [5.74, 6) is 10.2. The average Bonchev–Trinajstić information content (AvgIpc) is 3.09. The lowest BCUT2D eigenvalue weighted by Crippen LogP contribution is -2.16. The third-order valence-electron chi connectivity index (χ3n) is 3.79. The van der Waals surface area contributed by atoms with Crippen LogP contribution >= 0.6 is 11.8 Å². The standard InChI is InChI=1S/C19H22N4O4S/c1-24-14-6-8-15(9-7-14)26-10-11-28-19-22-21-18(23(19)20)13-27-17-5-3-4-16(12-17)25-2/h3-9,12H,10-11,13,20H2,1-2H3. The van der Waals surface area contributed by atoms with E-state index in [4.69, 9.17) is 24.8 Å². The molecule has 0 bridgehead atoms. The minimum atomic E-state index is 0.208. The highest BCUT2D eigenvalue weighted by atomic mass is 32.2. The summed E-state index contributed by atoms with van der Waals surface area (Å²) in [5, 5.41) is 8.79. The number of nitrogen functional groups attached to an aromatic ring is 1. The van der Waals surface area contributed by atoms with Gasteiger partial charge in [0.25, 0.3) is 0 Å². The highest BCUT2D eigenvalue weighted by Gasteiger charge is 2.11.